The van der Waals surface area contributed by atoms with Gasteiger partial charge >= 0.3 is 0 Å². The predicted molar refractivity (Wildman–Crippen MR) is 80.1 cm³/mol. The summed E-state index contributed by atoms with van der Waals surface area (Å²) in [6, 6.07) is 7.21. The second kappa shape index (κ2) is 6.69. The lowest BCUT2D eigenvalue weighted by molar-refractivity contribution is -0.130. The first-order valence-corrected chi connectivity index (χ1v) is 6.95. The van der Waals surface area contributed by atoms with E-state index in [1.165, 1.54) is 0 Å². The lowest BCUT2D eigenvalue weighted by Gasteiger charge is -2.38. The molecule has 1 fully saturated rings. The fourth-order valence-electron chi connectivity index (χ4n) is 2.00. The molecule has 0 aliphatic carbocycles. The molecule has 1 saturated heterocycles. The van der Waals surface area contributed by atoms with E-state index in [0.717, 1.165) is 18.7 Å². The van der Waals surface area contributed by atoms with Crippen LogP contribution in [0, 0.1) is 0 Å². The van der Waals surface area contributed by atoms with Crippen LogP contribution in [-0.2, 0) is 20.7 Å². The second-order valence-electron chi connectivity index (χ2n) is 5.44. The molecule has 0 bridgehead atoms. The van der Waals surface area contributed by atoms with Gasteiger partial charge in [-0.15, -0.1) is 0 Å². The molecular formula is C15H21N3O3. The van der Waals surface area contributed by atoms with Gasteiger partial charge < -0.3 is 20.7 Å². The summed E-state index contributed by atoms with van der Waals surface area (Å²) in [5.41, 5.74) is 1.37. The zero-order chi connectivity index (χ0) is 15.3. The summed E-state index contributed by atoms with van der Waals surface area (Å²) in [5, 5.41) is 8.46. The highest BCUT2D eigenvalue weighted by molar-refractivity contribution is 5.91. The van der Waals surface area contributed by atoms with Crippen molar-refractivity contribution in [2.45, 2.75) is 18.9 Å². The maximum absolute atomic E-state index is 11.8. The van der Waals surface area contributed by atoms with Crippen molar-refractivity contribution in [1.29, 1.82) is 0 Å². The minimum atomic E-state index is -0.227. The smallest absolute Gasteiger partial charge is 0.250 e. The van der Waals surface area contributed by atoms with Gasteiger partial charge in [0, 0.05) is 25.8 Å². The molecule has 1 aromatic carbocycles. The Hall–Kier alpha value is -1.92. The summed E-state index contributed by atoms with van der Waals surface area (Å²) in [4.78, 5) is 23.0. The summed E-state index contributed by atoms with van der Waals surface area (Å²) in [5.74, 6) is -0.218. The first kappa shape index (κ1) is 15.5. The van der Waals surface area contributed by atoms with E-state index in [1.807, 2.05) is 19.1 Å². The van der Waals surface area contributed by atoms with E-state index in [9.17, 15) is 9.59 Å². The van der Waals surface area contributed by atoms with Crippen LogP contribution in [0.1, 0.15) is 12.5 Å². The highest BCUT2D eigenvalue weighted by Crippen LogP contribution is 2.15. The molecule has 1 aliphatic heterocycles. The highest BCUT2D eigenvalue weighted by atomic mass is 16.5. The Labute approximate surface area is 124 Å². The van der Waals surface area contributed by atoms with E-state index >= 15 is 0 Å². The number of rotatable bonds is 6. The summed E-state index contributed by atoms with van der Waals surface area (Å²) >= 11 is 0. The summed E-state index contributed by atoms with van der Waals surface area (Å²) < 4.78 is 5.56. The molecule has 3 N–H and O–H groups in total. The van der Waals surface area contributed by atoms with Crippen LogP contribution in [0.3, 0.4) is 0 Å². The first-order valence-electron chi connectivity index (χ1n) is 6.95. The van der Waals surface area contributed by atoms with E-state index in [0.29, 0.717) is 12.1 Å². The molecule has 1 aromatic rings. The summed E-state index contributed by atoms with van der Waals surface area (Å²) in [7, 11) is 1.61. The van der Waals surface area contributed by atoms with Gasteiger partial charge in [0.05, 0.1) is 12.0 Å². The molecule has 0 unspecified atom stereocenters. The zero-order valence-corrected chi connectivity index (χ0v) is 12.4. The van der Waals surface area contributed by atoms with Crippen LogP contribution in [0.15, 0.2) is 24.3 Å². The van der Waals surface area contributed by atoms with Crippen LogP contribution < -0.4 is 16.0 Å². The van der Waals surface area contributed by atoms with Crippen molar-refractivity contribution in [3.05, 3.63) is 29.8 Å². The Bertz CT molecular complexity index is 509. The molecule has 114 valence electrons. The van der Waals surface area contributed by atoms with Gasteiger partial charge in [-0.3, -0.25) is 9.59 Å². The van der Waals surface area contributed by atoms with Gasteiger partial charge in [-0.2, -0.15) is 0 Å². The molecule has 2 rings (SSSR count). The normalized spacial score (nSPS) is 15.9. The second-order valence-corrected chi connectivity index (χ2v) is 5.44. The molecular weight excluding hydrogens is 270 g/mol. The Balaban J connectivity index is 1.79. The zero-order valence-electron chi connectivity index (χ0n) is 12.4. The monoisotopic (exact) mass is 291 g/mol. The fraction of sp³-hybridized carbons (Fsp3) is 0.467. The van der Waals surface area contributed by atoms with Crippen LogP contribution in [0.25, 0.3) is 0 Å². The number of hydrogen-bond donors (Lipinski definition) is 3. The van der Waals surface area contributed by atoms with Gasteiger partial charge in [0.15, 0.2) is 0 Å². The van der Waals surface area contributed by atoms with Gasteiger partial charge in [0.1, 0.15) is 6.61 Å². The molecule has 0 spiro atoms. The molecule has 6 heteroatoms. The number of nitrogens with one attached hydrogen (secondary N) is 3. The SMILES string of the molecule is CNC(=O)Cc1ccc(NC(=O)COC2(C)CNC2)cc1. The van der Waals surface area contributed by atoms with Crippen LogP contribution in [0.2, 0.25) is 0 Å². The van der Waals surface area contributed by atoms with Crippen LogP contribution >= 0.6 is 0 Å². The Morgan fingerprint density at radius 1 is 1.24 bits per heavy atom. The van der Waals surface area contributed by atoms with Gasteiger partial charge in [0.25, 0.3) is 0 Å². The number of carbonyl (C=O) groups excluding carboxylic acids is 2. The maximum atomic E-state index is 11.8. The molecule has 1 heterocycles. The quantitative estimate of drug-likeness (QED) is 0.704. The maximum Gasteiger partial charge on any atom is 0.250 e. The van der Waals surface area contributed by atoms with Crippen LogP contribution in [0.4, 0.5) is 5.69 Å². The van der Waals surface area contributed by atoms with Crippen molar-refractivity contribution in [2.75, 3.05) is 32.1 Å². The average molecular weight is 291 g/mol. The van der Waals surface area contributed by atoms with Crippen molar-refractivity contribution in [3.63, 3.8) is 0 Å². The highest BCUT2D eigenvalue weighted by Gasteiger charge is 2.32. The van der Waals surface area contributed by atoms with E-state index in [-0.39, 0.29) is 24.0 Å². The minimum Gasteiger partial charge on any atom is -0.363 e. The van der Waals surface area contributed by atoms with E-state index < -0.39 is 0 Å². The number of likely N-dealkylation sites (N-methyl/N-ethyl adjacent to an activating group) is 1. The number of amides is 2. The third kappa shape index (κ3) is 4.54. The van der Waals surface area contributed by atoms with Crippen molar-refractivity contribution >= 4 is 17.5 Å². The van der Waals surface area contributed by atoms with Gasteiger partial charge in [0.2, 0.25) is 11.8 Å². The predicted octanol–water partition coefficient (Wildman–Crippen LogP) is 0.292. The fourth-order valence-corrected chi connectivity index (χ4v) is 2.00. The van der Waals surface area contributed by atoms with Gasteiger partial charge in [-0.1, -0.05) is 12.1 Å². The number of carbonyl (C=O) groups is 2. The number of hydrogen-bond acceptors (Lipinski definition) is 4. The van der Waals surface area contributed by atoms with Crippen molar-refractivity contribution in [3.8, 4) is 0 Å². The Morgan fingerprint density at radius 2 is 1.90 bits per heavy atom. The van der Waals surface area contributed by atoms with Gasteiger partial charge in [-0.25, -0.2) is 0 Å². The number of benzene rings is 1. The molecule has 21 heavy (non-hydrogen) atoms. The van der Waals surface area contributed by atoms with E-state index in [1.54, 1.807) is 19.2 Å². The third-order valence-corrected chi connectivity index (χ3v) is 3.43. The van der Waals surface area contributed by atoms with Crippen molar-refractivity contribution in [2.24, 2.45) is 0 Å². The van der Waals surface area contributed by atoms with Gasteiger partial charge in [-0.05, 0) is 24.6 Å². The van der Waals surface area contributed by atoms with E-state index in [4.69, 9.17) is 4.74 Å². The first-order chi connectivity index (χ1) is 10.0. The molecule has 0 aromatic heterocycles. The molecule has 1 aliphatic rings. The standard InChI is InChI=1S/C15H21N3O3/c1-15(9-17-10-15)21-8-14(20)18-12-5-3-11(4-6-12)7-13(19)16-2/h3-6,17H,7-10H2,1-2H3,(H,16,19)(H,18,20). The van der Waals surface area contributed by atoms with Crippen molar-refractivity contribution in [1.82, 2.24) is 10.6 Å². The molecule has 0 saturated carbocycles. The van der Waals surface area contributed by atoms with Crippen LogP contribution in [-0.4, -0.2) is 44.2 Å². The topological polar surface area (TPSA) is 79.5 Å². The molecule has 2 amide bonds. The lowest BCUT2D eigenvalue weighted by atomic mass is 10.0. The van der Waals surface area contributed by atoms with Crippen molar-refractivity contribution < 1.29 is 14.3 Å². The molecule has 6 nitrogen and oxygen atoms in total. The summed E-state index contributed by atoms with van der Waals surface area (Å²) in [6.07, 6.45) is 0.333. The summed E-state index contributed by atoms with van der Waals surface area (Å²) in [6.45, 7) is 3.56. The Morgan fingerprint density at radius 3 is 2.43 bits per heavy atom. The average Bonchev–Trinajstić information content (AvgIpc) is 2.45. The van der Waals surface area contributed by atoms with Crippen LogP contribution in [0.5, 0.6) is 0 Å². The number of anilines is 1. The Kier molecular flexibility index (Phi) is 4.93. The minimum absolute atomic E-state index is 0.0393. The largest absolute Gasteiger partial charge is 0.363 e. The molecule has 0 radical (unpaired) electrons. The lowest BCUT2D eigenvalue weighted by Crippen LogP contribution is -2.59. The number of ether oxygens (including phenoxy) is 1. The van der Waals surface area contributed by atoms with E-state index in [2.05, 4.69) is 16.0 Å². The third-order valence-electron chi connectivity index (χ3n) is 3.43. The molecule has 0 atom stereocenters.